The zero-order valence-corrected chi connectivity index (χ0v) is 51.7. The van der Waals surface area contributed by atoms with Gasteiger partial charge in [0.2, 0.25) is 5.91 Å². The van der Waals surface area contributed by atoms with Crippen LogP contribution in [0, 0.1) is 0 Å². The number of anilines is 9. The van der Waals surface area contributed by atoms with Gasteiger partial charge in [-0.3, -0.25) is 32.7 Å². The number of fused-ring (bicyclic) bond motifs is 3. The molecular weight excluding hydrogens is 1170 g/mol. The first-order valence-corrected chi connectivity index (χ1v) is 31.1. The van der Waals surface area contributed by atoms with Crippen molar-refractivity contribution in [3.8, 4) is 39.5 Å². The summed E-state index contributed by atoms with van der Waals surface area (Å²) in [5.41, 5.74) is 21.5. The summed E-state index contributed by atoms with van der Waals surface area (Å²) in [6, 6.07) is 52.3. The maximum absolute atomic E-state index is 12.2. The molecule has 0 unspecified atom stereocenters. The number of amides is 1. The number of aromatic hydroxyl groups is 1. The van der Waals surface area contributed by atoms with Crippen molar-refractivity contribution < 1.29 is 19.4 Å². The van der Waals surface area contributed by atoms with Crippen LogP contribution in [-0.2, 0) is 9.47 Å². The van der Waals surface area contributed by atoms with Crippen molar-refractivity contribution in [3.63, 3.8) is 0 Å². The van der Waals surface area contributed by atoms with E-state index in [4.69, 9.17) is 15.2 Å². The molecule has 8 N–H and O–H groups in total. The number of phenolic OH excluding ortho intramolecular Hbond substituents is 1. The fraction of sp³-hybridized carbons (Fsp3) is 0.211. The van der Waals surface area contributed by atoms with Gasteiger partial charge in [-0.25, -0.2) is 19.7 Å². The van der Waals surface area contributed by atoms with Gasteiger partial charge < -0.3 is 55.9 Å². The van der Waals surface area contributed by atoms with Gasteiger partial charge in [0.15, 0.2) is 16.9 Å². The van der Waals surface area contributed by atoms with Gasteiger partial charge >= 0.3 is 5.69 Å². The molecule has 0 saturated carbocycles. The molecule has 15 rings (SSSR count). The highest BCUT2D eigenvalue weighted by molar-refractivity contribution is 5.94. The first kappa shape index (κ1) is 60.7. The number of hydrogen-bond donors (Lipinski definition) is 7. The fourth-order valence-corrected chi connectivity index (χ4v) is 12.0. The van der Waals surface area contributed by atoms with Gasteiger partial charge in [-0.2, -0.15) is 0 Å². The molecule has 472 valence electrons. The van der Waals surface area contributed by atoms with Gasteiger partial charge in [-0.05, 0) is 171 Å². The maximum Gasteiger partial charge on any atom is 0.325 e. The largest absolute Gasteiger partial charge is 0.508 e. The van der Waals surface area contributed by atoms with Crippen LogP contribution in [0.3, 0.4) is 0 Å². The topological polar surface area (TPSA) is 248 Å². The Labute approximate surface area is 536 Å². The number of pyridine rings is 3. The van der Waals surface area contributed by atoms with Crippen LogP contribution in [0.4, 0.5) is 51.2 Å². The molecule has 0 spiro atoms. The summed E-state index contributed by atoms with van der Waals surface area (Å²) in [6.07, 6.45) is 12.3. The summed E-state index contributed by atoms with van der Waals surface area (Å²) in [4.78, 5) is 63.1. The number of aromatic amines is 2. The van der Waals surface area contributed by atoms with Crippen molar-refractivity contribution in [1.29, 1.82) is 0 Å². The van der Waals surface area contributed by atoms with Gasteiger partial charge in [0.1, 0.15) is 5.75 Å². The van der Waals surface area contributed by atoms with E-state index in [0.29, 0.717) is 28.5 Å². The highest BCUT2D eigenvalue weighted by Crippen LogP contribution is 2.33. The van der Waals surface area contributed by atoms with Gasteiger partial charge in [-0.15, -0.1) is 0 Å². The van der Waals surface area contributed by atoms with Gasteiger partial charge in [0.25, 0.3) is 5.56 Å². The average molecular weight is 1250 g/mol. The fourth-order valence-electron chi connectivity index (χ4n) is 12.0. The second kappa shape index (κ2) is 27.5. The number of morpholine rings is 2. The summed E-state index contributed by atoms with van der Waals surface area (Å²) >= 11 is 0. The van der Waals surface area contributed by atoms with Crippen LogP contribution in [0.5, 0.6) is 5.75 Å². The van der Waals surface area contributed by atoms with E-state index in [1.165, 1.54) is 23.3 Å². The molecule has 3 aliphatic heterocycles. The van der Waals surface area contributed by atoms with Gasteiger partial charge in [0.05, 0.1) is 66.1 Å². The Hall–Kier alpha value is -11.2. The van der Waals surface area contributed by atoms with E-state index in [1.54, 1.807) is 43.0 Å². The zero-order chi connectivity index (χ0) is 63.8. The summed E-state index contributed by atoms with van der Waals surface area (Å²) < 4.78 is 16.7. The lowest BCUT2D eigenvalue weighted by Gasteiger charge is -2.38. The first-order valence-electron chi connectivity index (χ1n) is 31.1. The smallest absolute Gasteiger partial charge is 0.325 e. The van der Waals surface area contributed by atoms with Crippen molar-refractivity contribution in [2.24, 2.45) is 5.73 Å². The number of aromatic nitrogens is 8. The number of carbonyl (C=O) groups excluding carboxylic acids is 1. The van der Waals surface area contributed by atoms with Gasteiger partial charge in [-0.1, -0.05) is 12.1 Å². The van der Waals surface area contributed by atoms with Gasteiger partial charge in [0, 0.05) is 141 Å². The van der Waals surface area contributed by atoms with Crippen LogP contribution in [0.1, 0.15) is 24.2 Å². The monoisotopic (exact) mass is 1240 g/mol. The van der Waals surface area contributed by atoms with Crippen LogP contribution >= 0.6 is 0 Å². The quantitative estimate of drug-likeness (QED) is 0.0535. The summed E-state index contributed by atoms with van der Waals surface area (Å²) in [5.74, 6) is -0.179. The van der Waals surface area contributed by atoms with Crippen molar-refractivity contribution in [2.45, 2.75) is 19.9 Å². The number of piperazine rings is 1. The number of nitrogens with one attached hydrogen (secondary N) is 5. The number of rotatable bonds is 14. The molecule has 7 aromatic heterocycles. The van der Waals surface area contributed by atoms with Crippen LogP contribution < -0.4 is 47.6 Å². The minimum Gasteiger partial charge on any atom is -0.508 e. The molecule has 93 heavy (non-hydrogen) atoms. The molecule has 0 bridgehead atoms. The number of hydrogen-bond acceptors (Lipinski definition) is 16. The number of nitrogens with zero attached hydrogens (tertiary/aromatic N) is 10. The molecule has 5 aromatic carbocycles. The number of carbonyl (C=O) groups is 1. The minimum absolute atomic E-state index is 0.259. The van der Waals surface area contributed by atoms with E-state index >= 15 is 0 Å². The van der Waals surface area contributed by atoms with Crippen LogP contribution in [0.25, 0.3) is 50.7 Å². The van der Waals surface area contributed by atoms with E-state index in [9.17, 15) is 19.5 Å². The van der Waals surface area contributed by atoms with Crippen molar-refractivity contribution >= 4 is 74.0 Å². The molecule has 0 radical (unpaired) electrons. The number of benzene rings is 5. The molecule has 22 heteroatoms. The standard InChI is InChI=1S/C27H30N6O.C23H22N4O2.C21H20N6O3/c1-19(2)31-14-16-32(17-15-31)23-8-6-22(7-9-23)30-24-10-11-25(33-13-12-29-27(24)33)20-4-3-5-21(18-20)26(28)34;28-20-7-1-17(2-8-20)22-10-9-21(23-24-11-12-27(22)23)25-18-3-5-19(6-4-18)26-13-15-29-16-14-26;28-20-16(13-23-21(29)25-20)18-6-5-17(19-22-7-8-27(18)19)24-14-1-3-15(4-2-14)26-9-11-30-12-10-26/h3-13,18-19,30H,14-17H2,1-2H3,(H2,28,34);1-12,25,28H,13-16H2;1-8,13,24H,9-12H2,(H2,23,25,28,29). The predicted octanol–water partition coefficient (Wildman–Crippen LogP) is 10.6. The lowest BCUT2D eigenvalue weighted by Crippen LogP contribution is -2.48. The Morgan fingerprint density at radius 3 is 1.39 bits per heavy atom. The highest BCUT2D eigenvalue weighted by atomic mass is 16.5. The lowest BCUT2D eigenvalue weighted by molar-refractivity contribution is 0.1000. The molecule has 1 amide bonds. The average Bonchev–Trinajstić information content (AvgIpc) is 1.88. The Balaban J connectivity index is 0.000000127. The number of H-pyrrole nitrogens is 2. The molecular formula is C71H72N16O6. The number of primary amides is 1. The van der Waals surface area contributed by atoms with Crippen LogP contribution in [-0.4, -0.2) is 139 Å². The van der Waals surface area contributed by atoms with Crippen molar-refractivity contribution in [1.82, 2.24) is 43.0 Å². The predicted molar refractivity (Wildman–Crippen MR) is 367 cm³/mol. The number of nitrogens with two attached hydrogens (primary N) is 1. The number of phenols is 1. The van der Waals surface area contributed by atoms with Crippen molar-refractivity contribution in [3.05, 3.63) is 228 Å². The first-order chi connectivity index (χ1) is 45.5. The van der Waals surface area contributed by atoms with E-state index in [2.05, 4.69) is 145 Å². The zero-order valence-electron chi connectivity index (χ0n) is 51.7. The molecule has 22 nitrogen and oxygen atoms in total. The molecule has 12 aromatic rings. The summed E-state index contributed by atoms with van der Waals surface area (Å²) in [5, 5.41) is 19.9. The van der Waals surface area contributed by atoms with E-state index in [1.807, 2.05) is 94.0 Å². The third-order valence-electron chi connectivity index (χ3n) is 16.9. The van der Waals surface area contributed by atoms with Crippen LogP contribution in [0.15, 0.2) is 211 Å². The van der Waals surface area contributed by atoms with Crippen LogP contribution in [0.2, 0.25) is 0 Å². The number of imidazole rings is 3. The second-order valence-electron chi connectivity index (χ2n) is 23.1. The normalized spacial score (nSPS) is 14.4. The third kappa shape index (κ3) is 13.8. The molecule has 0 aliphatic carbocycles. The maximum atomic E-state index is 12.2. The third-order valence-corrected chi connectivity index (χ3v) is 16.9. The lowest BCUT2D eigenvalue weighted by atomic mass is 10.1. The Morgan fingerprint density at radius 2 is 0.946 bits per heavy atom. The van der Waals surface area contributed by atoms with Crippen molar-refractivity contribution in [2.75, 3.05) is 109 Å². The summed E-state index contributed by atoms with van der Waals surface area (Å²) in [6.45, 7) is 15.6. The molecule has 0 atom stereocenters. The SMILES string of the molecule is CC(C)N1CCN(c2ccc(Nc3ccc(-c4cccc(C(N)=O)c4)n4ccnc34)cc2)CC1.O=c1[nH]cc(-c2ccc(Nc3ccc(N4CCOCC4)cc3)c3nccn23)c(=O)[nH]1.Oc1ccc(-c2ccc(Nc3ccc(N4CCOCC4)cc3)c3nccn23)cc1. The van der Waals surface area contributed by atoms with E-state index < -0.39 is 17.2 Å². The summed E-state index contributed by atoms with van der Waals surface area (Å²) in [7, 11) is 0. The molecule has 3 fully saturated rings. The Bertz CT molecular complexity index is 4660. The highest BCUT2D eigenvalue weighted by Gasteiger charge is 2.21. The second-order valence-corrected chi connectivity index (χ2v) is 23.1. The molecule has 10 heterocycles. The van der Waals surface area contributed by atoms with E-state index in [-0.39, 0.29) is 5.75 Å². The minimum atomic E-state index is -0.538. The Kier molecular flexibility index (Phi) is 17.9. The molecule has 3 aliphatic rings. The number of ether oxygens (including phenoxy) is 2. The van der Waals surface area contributed by atoms with E-state index in [0.717, 1.165) is 147 Å². The molecule has 3 saturated heterocycles. The Morgan fingerprint density at radius 1 is 0.516 bits per heavy atom.